The first-order valence-corrected chi connectivity index (χ1v) is 3.76. The quantitative estimate of drug-likeness (QED) is 0.534. The Balaban J connectivity index is 2.94. The van der Waals surface area contributed by atoms with Crippen molar-refractivity contribution in [3.63, 3.8) is 0 Å². The molecular weight excluding hydrogens is 148 g/mol. The maximum atomic E-state index is 7.08. The zero-order valence-electron chi connectivity index (χ0n) is 7.12. The fourth-order valence-electron chi connectivity index (χ4n) is 0.950. The van der Waals surface area contributed by atoms with Crippen LogP contribution < -0.4 is 4.90 Å². The molecule has 12 heavy (non-hydrogen) atoms. The third kappa shape index (κ3) is 1.72. The molecule has 0 heterocycles. The van der Waals surface area contributed by atoms with E-state index < -0.39 is 0 Å². The number of hydrogen-bond acceptors (Lipinski definition) is 1. The standard InChI is InChI=1S/C10H12N2/c1-3-12(8-11)10-6-4-9(2)5-7-10/h3-8,11H,1H2,2H3. The Hall–Kier alpha value is -1.57. The van der Waals surface area contributed by atoms with Crippen LogP contribution in [0.4, 0.5) is 5.69 Å². The minimum Gasteiger partial charge on any atom is -0.309 e. The topological polar surface area (TPSA) is 27.1 Å². The Morgan fingerprint density at radius 2 is 1.92 bits per heavy atom. The van der Waals surface area contributed by atoms with Crippen LogP contribution in [0.15, 0.2) is 37.0 Å². The van der Waals surface area contributed by atoms with Gasteiger partial charge in [0, 0.05) is 11.9 Å². The molecule has 0 aliphatic rings. The molecule has 1 aromatic carbocycles. The second kappa shape index (κ2) is 3.72. The number of hydrogen-bond donors (Lipinski definition) is 1. The average Bonchev–Trinajstić information content (AvgIpc) is 2.10. The highest BCUT2D eigenvalue weighted by Crippen LogP contribution is 2.13. The molecule has 0 spiro atoms. The zero-order valence-corrected chi connectivity index (χ0v) is 7.12. The molecule has 0 saturated carbocycles. The predicted octanol–water partition coefficient (Wildman–Crippen LogP) is 2.55. The second-order valence-corrected chi connectivity index (χ2v) is 2.55. The van der Waals surface area contributed by atoms with Crippen molar-refractivity contribution < 1.29 is 0 Å². The fraction of sp³-hybridized carbons (Fsp3) is 0.100. The van der Waals surface area contributed by atoms with E-state index in [1.807, 2.05) is 31.2 Å². The van der Waals surface area contributed by atoms with E-state index in [1.165, 1.54) is 11.9 Å². The first-order valence-electron chi connectivity index (χ1n) is 3.76. The highest BCUT2D eigenvalue weighted by atomic mass is 15.1. The summed E-state index contributed by atoms with van der Waals surface area (Å²) in [5.74, 6) is 0. The van der Waals surface area contributed by atoms with Gasteiger partial charge in [0.05, 0.1) is 6.34 Å². The van der Waals surface area contributed by atoms with Crippen LogP contribution in [0.1, 0.15) is 5.56 Å². The van der Waals surface area contributed by atoms with Crippen molar-refractivity contribution in [1.82, 2.24) is 0 Å². The predicted molar refractivity (Wildman–Crippen MR) is 52.6 cm³/mol. The first kappa shape index (κ1) is 8.53. The van der Waals surface area contributed by atoms with E-state index in [1.54, 1.807) is 11.1 Å². The van der Waals surface area contributed by atoms with E-state index in [4.69, 9.17) is 5.41 Å². The van der Waals surface area contributed by atoms with Gasteiger partial charge in [0.25, 0.3) is 0 Å². The molecule has 0 aliphatic carbocycles. The third-order valence-electron chi connectivity index (χ3n) is 1.67. The molecule has 62 valence electrons. The van der Waals surface area contributed by atoms with Gasteiger partial charge in [-0.3, -0.25) is 5.41 Å². The Labute approximate surface area is 72.6 Å². The number of aryl methyl sites for hydroxylation is 1. The molecule has 0 amide bonds. The summed E-state index contributed by atoms with van der Waals surface area (Å²) < 4.78 is 0. The summed E-state index contributed by atoms with van der Waals surface area (Å²) in [6.45, 7) is 5.64. The fourth-order valence-corrected chi connectivity index (χ4v) is 0.950. The van der Waals surface area contributed by atoms with E-state index in [0.717, 1.165) is 5.69 Å². The largest absolute Gasteiger partial charge is 0.309 e. The van der Waals surface area contributed by atoms with Crippen molar-refractivity contribution >= 4 is 12.0 Å². The lowest BCUT2D eigenvalue weighted by Gasteiger charge is -2.12. The van der Waals surface area contributed by atoms with Gasteiger partial charge in [0.2, 0.25) is 0 Å². The maximum absolute atomic E-state index is 7.08. The Bertz CT molecular complexity index is 266. The van der Waals surface area contributed by atoms with Gasteiger partial charge in [-0.25, -0.2) is 0 Å². The maximum Gasteiger partial charge on any atom is 0.0902 e. The van der Waals surface area contributed by atoms with Gasteiger partial charge in [-0.05, 0) is 19.1 Å². The monoisotopic (exact) mass is 160 g/mol. The molecule has 0 fully saturated rings. The van der Waals surface area contributed by atoms with Gasteiger partial charge >= 0.3 is 0 Å². The molecule has 0 saturated heterocycles. The van der Waals surface area contributed by atoms with Crippen LogP contribution in [0, 0.1) is 12.3 Å². The molecule has 2 heteroatoms. The van der Waals surface area contributed by atoms with Gasteiger partial charge < -0.3 is 4.90 Å². The van der Waals surface area contributed by atoms with Crippen molar-refractivity contribution in [3.05, 3.63) is 42.6 Å². The average molecular weight is 160 g/mol. The van der Waals surface area contributed by atoms with Crippen LogP contribution in [-0.4, -0.2) is 6.34 Å². The highest BCUT2D eigenvalue weighted by molar-refractivity contribution is 5.79. The number of benzene rings is 1. The first-order chi connectivity index (χ1) is 5.77. The molecule has 0 unspecified atom stereocenters. The van der Waals surface area contributed by atoms with Crippen molar-refractivity contribution in [1.29, 1.82) is 5.41 Å². The molecule has 0 bridgehead atoms. The lowest BCUT2D eigenvalue weighted by atomic mass is 10.2. The summed E-state index contributed by atoms with van der Waals surface area (Å²) in [5.41, 5.74) is 2.18. The summed E-state index contributed by atoms with van der Waals surface area (Å²) in [5, 5.41) is 7.08. The minimum absolute atomic E-state index is 0.964. The molecule has 1 N–H and O–H groups in total. The van der Waals surface area contributed by atoms with Crippen LogP contribution in [0.5, 0.6) is 0 Å². The summed E-state index contributed by atoms with van der Waals surface area (Å²) in [6.07, 6.45) is 2.84. The Morgan fingerprint density at radius 1 is 1.33 bits per heavy atom. The zero-order chi connectivity index (χ0) is 8.97. The molecule has 2 nitrogen and oxygen atoms in total. The van der Waals surface area contributed by atoms with Crippen LogP contribution in [0.3, 0.4) is 0 Å². The molecule has 0 aliphatic heterocycles. The molecule has 0 radical (unpaired) electrons. The van der Waals surface area contributed by atoms with Crippen molar-refractivity contribution in [2.45, 2.75) is 6.92 Å². The lowest BCUT2D eigenvalue weighted by Crippen LogP contribution is -2.10. The van der Waals surface area contributed by atoms with Gasteiger partial charge in [-0.1, -0.05) is 24.3 Å². The molecule has 1 rings (SSSR count). The Kier molecular flexibility index (Phi) is 2.64. The number of nitrogens with one attached hydrogen (secondary N) is 1. The van der Waals surface area contributed by atoms with E-state index in [0.29, 0.717) is 0 Å². The van der Waals surface area contributed by atoms with Crippen molar-refractivity contribution in [2.75, 3.05) is 4.90 Å². The lowest BCUT2D eigenvalue weighted by molar-refractivity contribution is 1.33. The van der Waals surface area contributed by atoms with Crippen LogP contribution in [0.2, 0.25) is 0 Å². The SMILES string of the molecule is C=CN(C=N)c1ccc(C)cc1. The highest BCUT2D eigenvalue weighted by Gasteiger charge is 1.96. The van der Waals surface area contributed by atoms with E-state index >= 15 is 0 Å². The molecule has 0 atom stereocenters. The van der Waals surface area contributed by atoms with Gasteiger partial charge in [0.1, 0.15) is 0 Å². The van der Waals surface area contributed by atoms with Gasteiger partial charge in [-0.15, -0.1) is 0 Å². The summed E-state index contributed by atoms with van der Waals surface area (Å²) in [7, 11) is 0. The summed E-state index contributed by atoms with van der Waals surface area (Å²) in [6, 6.07) is 7.94. The van der Waals surface area contributed by atoms with Gasteiger partial charge in [-0.2, -0.15) is 0 Å². The van der Waals surface area contributed by atoms with E-state index in [2.05, 4.69) is 6.58 Å². The van der Waals surface area contributed by atoms with Crippen LogP contribution >= 0.6 is 0 Å². The number of nitrogens with zero attached hydrogens (tertiary/aromatic N) is 1. The Morgan fingerprint density at radius 3 is 2.33 bits per heavy atom. The normalized spacial score (nSPS) is 9.08. The van der Waals surface area contributed by atoms with Crippen molar-refractivity contribution in [3.8, 4) is 0 Å². The van der Waals surface area contributed by atoms with Crippen molar-refractivity contribution in [2.24, 2.45) is 0 Å². The van der Waals surface area contributed by atoms with Crippen LogP contribution in [0.25, 0.3) is 0 Å². The number of rotatable bonds is 3. The second-order valence-electron chi connectivity index (χ2n) is 2.55. The molecule has 1 aromatic rings. The third-order valence-corrected chi connectivity index (χ3v) is 1.67. The van der Waals surface area contributed by atoms with Gasteiger partial charge in [0.15, 0.2) is 0 Å². The van der Waals surface area contributed by atoms with E-state index in [-0.39, 0.29) is 0 Å². The molecule has 0 aromatic heterocycles. The smallest absolute Gasteiger partial charge is 0.0902 e. The summed E-state index contributed by atoms with van der Waals surface area (Å²) in [4.78, 5) is 1.65. The minimum atomic E-state index is 0.964. The van der Waals surface area contributed by atoms with E-state index in [9.17, 15) is 0 Å². The summed E-state index contributed by atoms with van der Waals surface area (Å²) >= 11 is 0. The van der Waals surface area contributed by atoms with Crippen LogP contribution in [-0.2, 0) is 0 Å². The molecular formula is C10H12N2. The number of anilines is 1.